The van der Waals surface area contributed by atoms with Gasteiger partial charge < -0.3 is 9.67 Å². The van der Waals surface area contributed by atoms with Crippen molar-refractivity contribution in [2.45, 2.75) is 0 Å². The molecule has 0 fully saturated rings. The molecule has 0 aliphatic heterocycles. The number of benzene rings is 1. The van der Waals surface area contributed by atoms with Crippen LogP contribution in [0.1, 0.15) is 0 Å². The number of nitrogens with zero attached hydrogens (tertiary/aromatic N) is 2. The maximum absolute atomic E-state index is 10.7. The number of halogens is 1. The first-order valence-corrected chi connectivity index (χ1v) is 5.64. The van der Waals surface area contributed by atoms with Gasteiger partial charge in [-0.2, -0.15) is 0 Å². The van der Waals surface area contributed by atoms with Crippen LogP contribution in [0.4, 0.5) is 10.6 Å². The summed E-state index contributed by atoms with van der Waals surface area (Å²) in [6.07, 6.45) is 0.467. The lowest BCUT2D eigenvalue weighted by Gasteiger charge is -2.05. The third-order valence-corrected chi connectivity index (χ3v) is 2.81. The first-order valence-electron chi connectivity index (χ1n) is 4.85. The smallest absolute Gasteiger partial charge is 0.410 e. The average molecular weight is 296 g/mol. The van der Waals surface area contributed by atoms with Crippen LogP contribution < -0.4 is 5.32 Å². The summed E-state index contributed by atoms with van der Waals surface area (Å²) in [6.45, 7) is 0. The highest BCUT2D eigenvalue weighted by Gasteiger charge is 2.12. The van der Waals surface area contributed by atoms with Crippen molar-refractivity contribution in [2.24, 2.45) is 7.05 Å². The van der Waals surface area contributed by atoms with Crippen molar-refractivity contribution in [1.29, 1.82) is 0 Å². The molecule has 6 heteroatoms. The monoisotopic (exact) mass is 295 g/mol. The second kappa shape index (κ2) is 4.58. The van der Waals surface area contributed by atoms with Gasteiger partial charge in [-0.25, -0.2) is 9.78 Å². The molecule has 0 aliphatic rings. The molecule has 2 N–H and O–H groups in total. The molecule has 0 aliphatic carbocycles. The van der Waals surface area contributed by atoms with Crippen LogP contribution in [-0.4, -0.2) is 20.8 Å². The number of nitrogens with one attached hydrogen (secondary N) is 1. The van der Waals surface area contributed by atoms with Gasteiger partial charge in [0.15, 0.2) is 0 Å². The Balaban J connectivity index is 2.45. The molecule has 0 spiro atoms. The van der Waals surface area contributed by atoms with Gasteiger partial charge in [-0.05, 0) is 12.1 Å². The van der Waals surface area contributed by atoms with Crippen molar-refractivity contribution in [1.82, 2.24) is 9.55 Å². The Labute approximate surface area is 106 Å². The lowest BCUT2D eigenvalue weighted by molar-refractivity contribution is 0.209. The molecule has 0 unspecified atom stereocenters. The van der Waals surface area contributed by atoms with E-state index < -0.39 is 6.09 Å². The lowest BCUT2D eigenvalue weighted by atomic mass is 10.1. The number of amides is 1. The van der Waals surface area contributed by atoms with Crippen LogP contribution in [0, 0.1) is 0 Å². The van der Waals surface area contributed by atoms with Crippen molar-refractivity contribution in [3.8, 4) is 11.3 Å². The minimum atomic E-state index is -1.10. The van der Waals surface area contributed by atoms with Crippen molar-refractivity contribution in [2.75, 3.05) is 5.32 Å². The van der Waals surface area contributed by atoms with Gasteiger partial charge in [0.25, 0.3) is 0 Å². The van der Waals surface area contributed by atoms with E-state index in [1.54, 1.807) is 17.9 Å². The SMILES string of the molecule is Cn1cnc(-c2ccc(Br)cc2)c1NC(=O)O. The molecular weight excluding hydrogens is 286 g/mol. The van der Waals surface area contributed by atoms with E-state index in [0.29, 0.717) is 11.5 Å². The van der Waals surface area contributed by atoms with E-state index in [4.69, 9.17) is 5.11 Å². The second-order valence-corrected chi connectivity index (χ2v) is 4.41. The zero-order valence-electron chi connectivity index (χ0n) is 9.01. The summed E-state index contributed by atoms with van der Waals surface area (Å²) >= 11 is 3.35. The minimum Gasteiger partial charge on any atom is -0.465 e. The fourth-order valence-corrected chi connectivity index (χ4v) is 1.76. The molecule has 0 atom stereocenters. The highest BCUT2D eigenvalue weighted by molar-refractivity contribution is 9.10. The number of carboxylic acid groups (broad SMARTS) is 1. The van der Waals surface area contributed by atoms with Gasteiger partial charge in [0.1, 0.15) is 11.5 Å². The Hall–Kier alpha value is -1.82. The number of hydrogen-bond donors (Lipinski definition) is 2. The molecule has 2 rings (SSSR count). The summed E-state index contributed by atoms with van der Waals surface area (Å²) in [5, 5.41) is 11.1. The van der Waals surface area contributed by atoms with E-state index in [0.717, 1.165) is 10.0 Å². The van der Waals surface area contributed by atoms with E-state index in [1.165, 1.54) is 0 Å². The summed E-state index contributed by atoms with van der Waals surface area (Å²) in [5.41, 5.74) is 1.47. The molecule has 17 heavy (non-hydrogen) atoms. The summed E-state index contributed by atoms with van der Waals surface area (Å²) in [7, 11) is 1.74. The average Bonchev–Trinajstić information content (AvgIpc) is 2.61. The molecule has 88 valence electrons. The maximum Gasteiger partial charge on any atom is 0.410 e. The molecule has 1 heterocycles. The van der Waals surface area contributed by atoms with Crippen LogP contribution in [0.25, 0.3) is 11.3 Å². The van der Waals surface area contributed by atoms with E-state index >= 15 is 0 Å². The van der Waals surface area contributed by atoms with E-state index in [9.17, 15) is 4.79 Å². The Kier molecular flexibility index (Phi) is 3.14. The van der Waals surface area contributed by atoms with E-state index in [-0.39, 0.29) is 0 Å². The van der Waals surface area contributed by atoms with Crippen LogP contribution in [0.5, 0.6) is 0 Å². The molecule has 0 saturated carbocycles. The highest BCUT2D eigenvalue weighted by atomic mass is 79.9. The molecule has 5 nitrogen and oxygen atoms in total. The number of anilines is 1. The molecule has 0 saturated heterocycles. The van der Waals surface area contributed by atoms with Crippen LogP contribution >= 0.6 is 15.9 Å². The molecule has 0 bridgehead atoms. The summed E-state index contributed by atoms with van der Waals surface area (Å²) in [5.74, 6) is 0.458. The topological polar surface area (TPSA) is 67.2 Å². The largest absolute Gasteiger partial charge is 0.465 e. The second-order valence-electron chi connectivity index (χ2n) is 3.49. The van der Waals surface area contributed by atoms with Gasteiger partial charge in [-0.15, -0.1) is 0 Å². The fraction of sp³-hybridized carbons (Fsp3) is 0.0909. The third-order valence-electron chi connectivity index (χ3n) is 2.28. The number of carbonyl (C=O) groups is 1. The molecular formula is C11H10BrN3O2. The summed E-state index contributed by atoms with van der Waals surface area (Å²) in [4.78, 5) is 14.9. The number of aryl methyl sites for hydroxylation is 1. The van der Waals surface area contributed by atoms with Crippen molar-refractivity contribution in [3.05, 3.63) is 35.1 Å². The molecule has 1 aromatic carbocycles. The van der Waals surface area contributed by atoms with Crippen molar-refractivity contribution < 1.29 is 9.90 Å². The molecule has 0 radical (unpaired) electrons. The fourth-order valence-electron chi connectivity index (χ4n) is 1.50. The normalized spacial score (nSPS) is 10.2. The van der Waals surface area contributed by atoms with Gasteiger partial charge in [-0.1, -0.05) is 28.1 Å². The zero-order chi connectivity index (χ0) is 12.4. The summed E-state index contributed by atoms with van der Waals surface area (Å²) < 4.78 is 2.59. The number of hydrogen-bond acceptors (Lipinski definition) is 2. The first-order chi connectivity index (χ1) is 8.08. The van der Waals surface area contributed by atoms with Gasteiger partial charge in [-0.3, -0.25) is 5.32 Å². The minimum absolute atomic E-state index is 0.458. The van der Waals surface area contributed by atoms with E-state index in [1.807, 2.05) is 24.3 Å². The molecule has 2 aromatic rings. The number of aromatic nitrogens is 2. The van der Waals surface area contributed by atoms with Crippen molar-refractivity contribution >= 4 is 27.8 Å². The van der Waals surface area contributed by atoms with Crippen LogP contribution in [0.2, 0.25) is 0 Å². The van der Waals surface area contributed by atoms with Crippen molar-refractivity contribution in [3.63, 3.8) is 0 Å². The van der Waals surface area contributed by atoms with Crippen LogP contribution in [0.15, 0.2) is 35.1 Å². The quantitative estimate of drug-likeness (QED) is 0.895. The number of imidazole rings is 1. The summed E-state index contributed by atoms with van der Waals surface area (Å²) in [6, 6.07) is 7.52. The predicted octanol–water partition coefficient (Wildman–Crippen LogP) is 2.94. The van der Waals surface area contributed by atoms with Crippen LogP contribution in [-0.2, 0) is 7.05 Å². The Bertz CT molecular complexity index is 548. The van der Waals surface area contributed by atoms with Gasteiger partial charge in [0.2, 0.25) is 0 Å². The Morgan fingerprint density at radius 1 is 1.41 bits per heavy atom. The zero-order valence-corrected chi connectivity index (χ0v) is 10.6. The molecule has 1 aromatic heterocycles. The van der Waals surface area contributed by atoms with E-state index in [2.05, 4.69) is 26.2 Å². The Morgan fingerprint density at radius 2 is 2.06 bits per heavy atom. The van der Waals surface area contributed by atoms with Crippen LogP contribution in [0.3, 0.4) is 0 Å². The lowest BCUT2D eigenvalue weighted by Crippen LogP contribution is -2.11. The van der Waals surface area contributed by atoms with Gasteiger partial charge in [0, 0.05) is 17.1 Å². The first kappa shape index (κ1) is 11.7. The standard InChI is InChI=1S/C11H10BrN3O2/c1-15-6-13-9(10(15)14-11(16)17)7-2-4-8(12)5-3-7/h2-6,14H,1H3,(H,16,17). The van der Waals surface area contributed by atoms with Gasteiger partial charge in [0.05, 0.1) is 6.33 Å². The van der Waals surface area contributed by atoms with Gasteiger partial charge >= 0.3 is 6.09 Å². The third kappa shape index (κ3) is 2.47. The molecule has 1 amide bonds. The Morgan fingerprint density at radius 3 is 2.65 bits per heavy atom. The number of rotatable bonds is 2. The highest BCUT2D eigenvalue weighted by Crippen LogP contribution is 2.27. The predicted molar refractivity (Wildman–Crippen MR) is 68.0 cm³/mol. The maximum atomic E-state index is 10.7.